The molecule has 0 aliphatic heterocycles. The molecule has 0 aliphatic carbocycles. The third-order valence-corrected chi connectivity index (χ3v) is 4.15. The first-order chi connectivity index (χ1) is 9.51. The van der Waals surface area contributed by atoms with E-state index in [0.29, 0.717) is 22.5 Å². The smallest absolute Gasteiger partial charge is 0.123 e. The number of hydrogen-bond donors (Lipinski definition) is 1. The van der Waals surface area contributed by atoms with E-state index in [-0.39, 0.29) is 5.82 Å². The van der Waals surface area contributed by atoms with Crippen LogP contribution in [0.5, 0.6) is 0 Å². The second kappa shape index (κ2) is 6.50. The quantitative estimate of drug-likeness (QED) is 0.892. The van der Waals surface area contributed by atoms with E-state index >= 15 is 0 Å². The molecule has 1 aromatic heterocycles. The second-order valence-electron chi connectivity index (χ2n) is 4.93. The number of nitrogens with zero attached hydrogens (tertiary/aromatic N) is 2. The number of halogens is 2. The van der Waals surface area contributed by atoms with E-state index in [4.69, 9.17) is 0 Å². The number of aliphatic hydroxyl groups is 1. The molecular weight excluding hydrogens is 323 g/mol. The van der Waals surface area contributed by atoms with Crippen LogP contribution in [-0.2, 0) is 6.42 Å². The number of aliphatic hydroxyl groups excluding tert-OH is 1. The van der Waals surface area contributed by atoms with E-state index in [1.165, 1.54) is 12.1 Å². The molecule has 1 N–H and O–H groups in total. The lowest BCUT2D eigenvalue weighted by Gasteiger charge is -2.12. The molecule has 0 fully saturated rings. The van der Waals surface area contributed by atoms with Crippen LogP contribution in [-0.4, -0.2) is 14.9 Å². The first-order valence-electron chi connectivity index (χ1n) is 6.68. The highest BCUT2D eigenvalue weighted by atomic mass is 79.9. The Balaban J connectivity index is 2.13. The van der Waals surface area contributed by atoms with Gasteiger partial charge in [-0.3, -0.25) is 4.68 Å². The zero-order valence-corrected chi connectivity index (χ0v) is 13.1. The van der Waals surface area contributed by atoms with Gasteiger partial charge in [-0.2, -0.15) is 5.10 Å². The van der Waals surface area contributed by atoms with Gasteiger partial charge in [0.2, 0.25) is 0 Å². The van der Waals surface area contributed by atoms with Crippen LogP contribution in [0.15, 0.2) is 34.9 Å². The Kier molecular flexibility index (Phi) is 4.94. The van der Waals surface area contributed by atoms with Gasteiger partial charge in [-0.05, 0) is 43.2 Å². The van der Waals surface area contributed by atoms with Crippen LogP contribution in [0.4, 0.5) is 4.39 Å². The van der Waals surface area contributed by atoms with Crippen LogP contribution >= 0.6 is 15.9 Å². The first-order valence-corrected chi connectivity index (χ1v) is 7.47. The van der Waals surface area contributed by atoms with Crippen molar-refractivity contribution in [1.82, 2.24) is 9.78 Å². The minimum atomic E-state index is -0.777. The lowest BCUT2D eigenvalue weighted by molar-refractivity contribution is 0.175. The Labute approximate surface area is 126 Å². The molecule has 0 aliphatic rings. The highest BCUT2D eigenvalue weighted by Crippen LogP contribution is 2.26. The van der Waals surface area contributed by atoms with Crippen LogP contribution in [0.2, 0.25) is 0 Å². The van der Waals surface area contributed by atoms with Crippen molar-refractivity contribution in [3.8, 4) is 0 Å². The summed E-state index contributed by atoms with van der Waals surface area (Å²) in [6, 6.07) is 6.54. The summed E-state index contributed by atoms with van der Waals surface area (Å²) in [4.78, 5) is 0. The van der Waals surface area contributed by atoms with Crippen molar-refractivity contribution in [2.45, 2.75) is 38.8 Å². The monoisotopic (exact) mass is 340 g/mol. The maximum atomic E-state index is 13.3. The molecule has 0 saturated carbocycles. The normalized spacial score (nSPS) is 14.2. The maximum Gasteiger partial charge on any atom is 0.123 e. The first kappa shape index (κ1) is 15.2. The summed E-state index contributed by atoms with van der Waals surface area (Å²) in [6.07, 6.45) is 2.50. The van der Waals surface area contributed by atoms with Gasteiger partial charge in [0.1, 0.15) is 5.82 Å². The van der Waals surface area contributed by atoms with Gasteiger partial charge < -0.3 is 5.11 Å². The van der Waals surface area contributed by atoms with E-state index in [1.807, 2.05) is 16.9 Å². The molecule has 1 heterocycles. The van der Waals surface area contributed by atoms with Crippen molar-refractivity contribution in [3.63, 3.8) is 0 Å². The fourth-order valence-electron chi connectivity index (χ4n) is 2.00. The third kappa shape index (κ3) is 3.46. The molecule has 20 heavy (non-hydrogen) atoms. The van der Waals surface area contributed by atoms with Gasteiger partial charge in [0.25, 0.3) is 0 Å². The minimum Gasteiger partial charge on any atom is -0.388 e. The molecule has 0 bridgehead atoms. The summed E-state index contributed by atoms with van der Waals surface area (Å²) in [5.41, 5.74) is 1.34. The molecule has 0 radical (unpaired) electrons. The average Bonchev–Trinajstić information content (AvgIpc) is 2.89. The average molecular weight is 341 g/mol. The van der Waals surface area contributed by atoms with E-state index < -0.39 is 6.10 Å². The summed E-state index contributed by atoms with van der Waals surface area (Å²) >= 11 is 3.33. The van der Waals surface area contributed by atoms with Crippen molar-refractivity contribution in [2.75, 3.05) is 0 Å². The molecular formula is C15H18BrFN2O. The van der Waals surface area contributed by atoms with Gasteiger partial charge in [-0.15, -0.1) is 0 Å². The van der Waals surface area contributed by atoms with Crippen molar-refractivity contribution in [2.24, 2.45) is 0 Å². The van der Waals surface area contributed by atoms with Gasteiger partial charge in [-0.1, -0.05) is 22.9 Å². The summed E-state index contributed by atoms with van der Waals surface area (Å²) in [6.45, 7) is 4.20. The van der Waals surface area contributed by atoms with Crippen molar-refractivity contribution in [1.29, 1.82) is 0 Å². The van der Waals surface area contributed by atoms with Crippen molar-refractivity contribution in [3.05, 3.63) is 52.0 Å². The van der Waals surface area contributed by atoms with E-state index in [9.17, 15) is 9.50 Å². The zero-order valence-electron chi connectivity index (χ0n) is 11.6. The molecule has 0 amide bonds. The standard InChI is InChI=1S/C15H18BrFN2O/c1-3-10(2)19-7-6-12(18-19)9-15(20)13-8-11(17)4-5-14(13)16/h4-8,10,15,20H,3,9H2,1-2H3. The molecule has 2 unspecified atom stereocenters. The number of hydrogen-bond acceptors (Lipinski definition) is 2. The fraction of sp³-hybridized carbons (Fsp3) is 0.400. The van der Waals surface area contributed by atoms with Crippen molar-refractivity contribution >= 4 is 15.9 Å². The Morgan fingerprint density at radius 2 is 2.15 bits per heavy atom. The van der Waals surface area contributed by atoms with Crippen molar-refractivity contribution < 1.29 is 9.50 Å². The lowest BCUT2D eigenvalue weighted by atomic mass is 10.1. The molecule has 0 spiro atoms. The van der Waals surface area contributed by atoms with Gasteiger partial charge in [0.15, 0.2) is 0 Å². The summed E-state index contributed by atoms with van der Waals surface area (Å²) in [5.74, 6) is -0.354. The summed E-state index contributed by atoms with van der Waals surface area (Å²) < 4.78 is 15.8. The highest BCUT2D eigenvalue weighted by molar-refractivity contribution is 9.10. The number of benzene rings is 1. The van der Waals surface area contributed by atoms with Crippen LogP contribution in [0.25, 0.3) is 0 Å². The Morgan fingerprint density at radius 1 is 1.40 bits per heavy atom. The largest absolute Gasteiger partial charge is 0.388 e. The molecule has 2 atom stereocenters. The van der Waals surface area contributed by atoms with E-state index in [2.05, 4.69) is 34.9 Å². The Hall–Kier alpha value is -1.20. The summed E-state index contributed by atoms with van der Waals surface area (Å²) in [5, 5.41) is 14.7. The Bertz CT molecular complexity index is 585. The number of aromatic nitrogens is 2. The zero-order chi connectivity index (χ0) is 14.7. The molecule has 108 valence electrons. The number of rotatable bonds is 5. The fourth-order valence-corrected chi connectivity index (χ4v) is 2.51. The SMILES string of the molecule is CCC(C)n1ccc(CC(O)c2cc(F)ccc2Br)n1. The van der Waals surface area contributed by atoms with Gasteiger partial charge in [0.05, 0.1) is 11.8 Å². The molecule has 3 nitrogen and oxygen atoms in total. The van der Waals surface area contributed by atoms with Gasteiger partial charge in [-0.25, -0.2) is 4.39 Å². The third-order valence-electron chi connectivity index (χ3n) is 3.43. The topological polar surface area (TPSA) is 38.0 Å². The molecule has 5 heteroatoms. The van der Waals surface area contributed by atoms with Gasteiger partial charge >= 0.3 is 0 Å². The van der Waals surface area contributed by atoms with Crippen LogP contribution < -0.4 is 0 Å². The predicted octanol–water partition coefficient (Wildman–Crippen LogP) is 4.03. The van der Waals surface area contributed by atoms with Crippen LogP contribution in [0.3, 0.4) is 0 Å². The van der Waals surface area contributed by atoms with E-state index in [0.717, 1.165) is 12.1 Å². The molecule has 0 saturated heterocycles. The molecule has 2 aromatic rings. The molecule has 2 rings (SSSR count). The Morgan fingerprint density at radius 3 is 2.85 bits per heavy atom. The predicted molar refractivity (Wildman–Crippen MR) is 80.0 cm³/mol. The van der Waals surface area contributed by atoms with Crippen LogP contribution in [0.1, 0.15) is 43.7 Å². The van der Waals surface area contributed by atoms with Crippen LogP contribution in [0, 0.1) is 5.82 Å². The lowest BCUT2D eigenvalue weighted by Crippen LogP contribution is -2.07. The second-order valence-corrected chi connectivity index (χ2v) is 5.78. The maximum absolute atomic E-state index is 13.3. The van der Waals surface area contributed by atoms with Gasteiger partial charge in [0, 0.05) is 23.1 Å². The van der Waals surface area contributed by atoms with E-state index in [1.54, 1.807) is 6.07 Å². The highest BCUT2D eigenvalue weighted by Gasteiger charge is 2.15. The minimum absolute atomic E-state index is 0.335. The summed E-state index contributed by atoms with van der Waals surface area (Å²) in [7, 11) is 0. The molecule has 1 aromatic carbocycles.